The molecule has 8 heteroatoms. The normalized spacial score (nSPS) is 11.7. The van der Waals surface area contributed by atoms with Crippen molar-refractivity contribution >= 4 is 38.6 Å². The van der Waals surface area contributed by atoms with Gasteiger partial charge in [-0.2, -0.15) is 9.78 Å². The van der Waals surface area contributed by atoms with E-state index >= 15 is 0 Å². The average molecular weight is 440 g/mol. The van der Waals surface area contributed by atoms with Crippen molar-refractivity contribution in [3.8, 4) is 5.95 Å². The Labute approximate surface area is 169 Å². The molecule has 0 saturated heterocycles. The second kappa shape index (κ2) is 6.87. The molecule has 1 amide bonds. The summed E-state index contributed by atoms with van der Waals surface area (Å²) in [5.74, 6) is 0.683. The Bertz CT molecular complexity index is 1160. The monoisotopic (exact) mass is 439 g/mol. The summed E-state index contributed by atoms with van der Waals surface area (Å²) in [6, 6.07) is 10.9. The van der Waals surface area contributed by atoms with Gasteiger partial charge in [-0.15, -0.1) is 0 Å². The van der Waals surface area contributed by atoms with Crippen molar-refractivity contribution in [1.82, 2.24) is 19.7 Å². The number of nitrogens with zero attached hydrogens (tertiary/aromatic N) is 4. The van der Waals surface area contributed by atoms with Crippen LogP contribution in [0.5, 0.6) is 0 Å². The number of carbonyl (C=O) groups is 1. The number of fused-ring (bicyclic) bond motifs is 1. The summed E-state index contributed by atoms with van der Waals surface area (Å²) < 4.78 is 8.05. The van der Waals surface area contributed by atoms with Crippen LogP contribution >= 0.6 is 15.9 Å². The Hall–Kier alpha value is -3.00. The third-order valence-electron chi connectivity index (χ3n) is 4.18. The number of amides is 1. The zero-order valence-electron chi connectivity index (χ0n) is 15.6. The van der Waals surface area contributed by atoms with Gasteiger partial charge in [-0.1, -0.05) is 32.9 Å². The number of anilines is 1. The Kier molecular flexibility index (Phi) is 4.50. The first-order chi connectivity index (χ1) is 13.3. The zero-order valence-corrected chi connectivity index (χ0v) is 17.2. The molecular formula is C20H18BrN5O2. The smallest absolute Gasteiger partial charge is 0.292 e. The van der Waals surface area contributed by atoms with Gasteiger partial charge in [0, 0.05) is 29.3 Å². The summed E-state index contributed by atoms with van der Waals surface area (Å²) in [6.07, 6.45) is 3.26. The molecule has 28 heavy (non-hydrogen) atoms. The number of hydrogen-bond donors (Lipinski definition) is 1. The summed E-state index contributed by atoms with van der Waals surface area (Å²) in [4.78, 5) is 21.3. The molecule has 0 aliphatic carbocycles. The van der Waals surface area contributed by atoms with E-state index in [9.17, 15) is 4.79 Å². The highest BCUT2D eigenvalue weighted by Crippen LogP contribution is 2.29. The van der Waals surface area contributed by atoms with Crippen molar-refractivity contribution in [3.05, 3.63) is 64.7 Å². The van der Waals surface area contributed by atoms with Crippen LogP contribution in [0.15, 0.2) is 57.7 Å². The van der Waals surface area contributed by atoms with E-state index in [0.29, 0.717) is 17.3 Å². The standard InChI is InChI=1S/C20H18BrN5O2/c1-20(2,3)15-11-16(26(25-15)19-22-8-5-9-23-19)24-18(27)14-10-12-6-4-7-13(21)17(12)28-14/h4-11H,1-3H3,(H,24,27). The van der Waals surface area contributed by atoms with E-state index in [1.165, 1.54) is 4.68 Å². The fourth-order valence-corrected chi connectivity index (χ4v) is 3.17. The number of rotatable bonds is 3. The molecular weight excluding hydrogens is 422 g/mol. The van der Waals surface area contributed by atoms with Crippen LogP contribution in [0.1, 0.15) is 37.0 Å². The minimum atomic E-state index is -0.374. The summed E-state index contributed by atoms with van der Waals surface area (Å²) in [6.45, 7) is 6.15. The molecule has 0 saturated carbocycles. The van der Waals surface area contributed by atoms with Gasteiger partial charge in [-0.05, 0) is 34.1 Å². The molecule has 7 nitrogen and oxygen atoms in total. The molecule has 3 aromatic heterocycles. The van der Waals surface area contributed by atoms with Crippen molar-refractivity contribution in [2.24, 2.45) is 0 Å². The number of para-hydroxylation sites is 1. The number of aromatic nitrogens is 4. The number of nitrogens with one attached hydrogen (secondary N) is 1. The molecule has 4 rings (SSSR count). The third kappa shape index (κ3) is 3.43. The predicted molar refractivity (Wildman–Crippen MR) is 110 cm³/mol. The van der Waals surface area contributed by atoms with E-state index in [2.05, 4.69) is 36.3 Å². The maximum atomic E-state index is 12.8. The van der Waals surface area contributed by atoms with Crippen molar-refractivity contribution in [3.63, 3.8) is 0 Å². The lowest BCUT2D eigenvalue weighted by atomic mass is 9.92. The van der Waals surface area contributed by atoms with E-state index in [0.717, 1.165) is 15.6 Å². The number of carbonyl (C=O) groups excluding carboxylic acids is 1. The van der Waals surface area contributed by atoms with E-state index in [1.807, 2.05) is 45.0 Å². The predicted octanol–water partition coefficient (Wildman–Crippen LogP) is 4.72. The van der Waals surface area contributed by atoms with E-state index in [4.69, 9.17) is 4.42 Å². The van der Waals surface area contributed by atoms with Crippen LogP contribution < -0.4 is 5.32 Å². The van der Waals surface area contributed by atoms with E-state index in [-0.39, 0.29) is 17.1 Å². The zero-order chi connectivity index (χ0) is 19.9. The lowest BCUT2D eigenvalue weighted by Crippen LogP contribution is -2.15. The molecule has 0 radical (unpaired) electrons. The van der Waals surface area contributed by atoms with E-state index < -0.39 is 0 Å². The largest absolute Gasteiger partial charge is 0.450 e. The van der Waals surface area contributed by atoms with Crippen LogP contribution in [0.25, 0.3) is 16.9 Å². The van der Waals surface area contributed by atoms with Crippen molar-refractivity contribution in [2.45, 2.75) is 26.2 Å². The molecule has 142 valence electrons. The highest BCUT2D eigenvalue weighted by Gasteiger charge is 2.23. The van der Waals surface area contributed by atoms with Gasteiger partial charge in [-0.25, -0.2) is 9.97 Å². The van der Waals surface area contributed by atoms with Crippen molar-refractivity contribution in [1.29, 1.82) is 0 Å². The Morgan fingerprint density at radius 1 is 1.14 bits per heavy atom. The summed E-state index contributed by atoms with van der Waals surface area (Å²) in [7, 11) is 0. The van der Waals surface area contributed by atoms with Crippen LogP contribution in [-0.2, 0) is 5.41 Å². The van der Waals surface area contributed by atoms with E-state index in [1.54, 1.807) is 24.5 Å². The van der Waals surface area contributed by atoms with Gasteiger partial charge in [0.2, 0.25) is 0 Å². The SMILES string of the molecule is CC(C)(C)c1cc(NC(=O)c2cc3cccc(Br)c3o2)n(-c2ncccn2)n1. The Morgan fingerprint density at radius 2 is 1.89 bits per heavy atom. The van der Waals surface area contributed by atoms with Crippen LogP contribution in [0, 0.1) is 0 Å². The molecule has 0 spiro atoms. The molecule has 1 N–H and O–H groups in total. The molecule has 0 bridgehead atoms. The number of hydrogen-bond acceptors (Lipinski definition) is 5. The molecule has 0 aliphatic heterocycles. The number of halogens is 1. The van der Waals surface area contributed by atoms with Crippen molar-refractivity contribution in [2.75, 3.05) is 5.32 Å². The van der Waals surface area contributed by atoms with Gasteiger partial charge in [0.15, 0.2) is 5.76 Å². The lowest BCUT2D eigenvalue weighted by molar-refractivity contribution is 0.0998. The summed E-state index contributed by atoms with van der Waals surface area (Å²) in [5, 5.41) is 8.31. The van der Waals surface area contributed by atoms with Gasteiger partial charge in [0.25, 0.3) is 11.9 Å². The van der Waals surface area contributed by atoms with Crippen LogP contribution in [0.4, 0.5) is 5.82 Å². The minimum Gasteiger partial charge on any atom is -0.450 e. The molecule has 0 unspecified atom stereocenters. The Balaban J connectivity index is 1.72. The molecule has 0 atom stereocenters. The lowest BCUT2D eigenvalue weighted by Gasteiger charge is -2.13. The first kappa shape index (κ1) is 18.4. The van der Waals surface area contributed by atoms with Gasteiger partial charge < -0.3 is 9.73 Å². The fraction of sp³-hybridized carbons (Fsp3) is 0.200. The molecule has 1 aromatic carbocycles. The minimum absolute atomic E-state index is 0.205. The quantitative estimate of drug-likeness (QED) is 0.498. The molecule has 0 fully saturated rings. The maximum absolute atomic E-state index is 12.8. The second-order valence-electron chi connectivity index (χ2n) is 7.35. The van der Waals surface area contributed by atoms with Gasteiger partial charge >= 0.3 is 0 Å². The fourth-order valence-electron chi connectivity index (χ4n) is 2.71. The average Bonchev–Trinajstić information content (AvgIpc) is 3.27. The number of furan rings is 1. The van der Waals surface area contributed by atoms with Gasteiger partial charge in [0.05, 0.1) is 10.2 Å². The van der Waals surface area contributed by atoms with Crippen LogP contribution in [0.2, 0.25) is 0 Å². The van der Waals surface area contributed by atoms with Gasteiger partial charge in [-0.3, -0.25) is 4.79 Å². The van der Waals surface area contributed by atoms with Crippen LogP contribution in [0.3, 0.4) is 0 Å². The highest BCUT2D eigenvalue weighted by molar-refractivity contribution is 9.10. The second-order valence-corrected chi connectivity index (χ2v) is 8.20. The van der Waals surface area contributed by atoms with Gasteiger partial charge in [0.1, 0.15) is 11.4 Å². The molecule has 3 heterocycles. The van der Waals surface area contributed by atoms with Crippen molar-refractivity contribution < 1.29 is 9.21 Å². The summed E-state index contributed by atoms with van der Waals surface area (Å²) >= 11 is 3.44. The highest BCUT2D eigenvalue weighted by atomic mass is 79.9. The Morgan fingerprint density at radius 3 is 2.57 bits per heavy atom. The topological polar surface area (TPSA) is 85.8 Å². The van der Waals surface area contributed by atoms with Crippen LogP contribution in [-0.4, -0.2) is 25.7 Å². The maximum Gasteiger partial charge on any atom is 0.292 e. The molecule has 4 aromatic rings. The molecule has 0 aliphatic rings. The summed E-state index contributed by atoms with van der Waals surface area (Å²) in [5.41, 5.74) is 1.23. The third-order valence-corrected chi connectivity index (χ3v) is 4.81. The first-order valence-electron chi connectivity index (χ1n) is 8.70. The number of benzene rings is 1. The first-order valence-corrected chi connectivity index (χ1v) is 9.49.